The molecule has 1 N–H and O–H groups in total. The van der Waals surface area contributed by atoms with Crippen LogP contribution in [0.15, 0.2) is 24.3 Å². The first kappa shape index (κ1) is 17.8. The van der Waals surface area contributed by atoms with Gasteiger partial charge in [0.2, 0.25) is 0 Å². The van der Waals surface area contributed by atoms with Crippen LogP contribution in [-0.4, -0.2) is 40.3 Å². The molecule has 0 radical (unpaired) electrons. The number of amides is 1. The Kier molecular flexibility index (Phi) is 5.96. The quantitative estimate of drug-likeness (QED) is 0.767. The summed E-state index contributed by atoms with van der Waals surface area (Å²) in [6, 6.07) is 7.94. The summed E-state index contributed by atoms with van der Waals surface area (Å²) >= 11 is 1.65. The molecular formula is C18H23N3O3S. The van der Waals surface area contributed by atoms with Crippen molar-refractivity contribution in [3.8, 4) is 0 Å². The van der Waals surface area contributed by atoms with Crippen LogP contribution in [0.4, 0.5) is 0 Å². The molecule has 25 heavy (non-hydrogen) atoms. The number of benzene rings is 1. The second-order valence-corrected chi connectivity index (χ2v) is 7.11. The Balaban J connectivity index is 1.59. The van der Waals surface area contributed by atoms with Crippen LogP contribution in [0, 0.1) is 0 Å². The molecule has 2 aromatic rings. The highest BCUT2D eigenvalue weighted by Crippen LogP contribution is 2.19. The zero-order valence-electron chi connectivity index (χ0n) is 14.4. The number of para-hydroxylation sites is 2. The number of nitrogens with one attached hydrogen (secondary N) is 1. The molecule has 0 unspecified atom stereocenters. The molecule has 0 spiro atoms. The third-order valence-corrected chi connectivity index (χ3v) is 4.93. The predicted octanol–water partition coefficient (Wildman–Crippen LogP) is 2.50. The van der Waals surface area contributed by atoms with E-state index >= 15 is 0 Å². The smallest absolute Gasteiger partial charge is 0.326 e. The Labute approximate surface area is 151 Å². The van der Waals surface area contributed by atoms with Crippen LogP contribution >= 0.6 is 11.8 Å². The molecule has 1 saturated carbocycles. The molecule has 1 aliphatic carbocycles. The summed E-state index contributed by atoms with van der Waals surface area (Å²) in [6.07, 6.45) is 6.32. The van der Waals surface area contributed by atoms with Crippen molar-refractivity contribution in [2.75, 3.05) is 12.9 Å². The van der Waals surface area contributed by atoms with Crippen LogP contribution in [0.3, 0.4) is 0 Å². The van der Waals surface area contributed by atoms with Crippen molar-refractivity contribution < 1.29 is 14.3 Å². The SMILES string of the molecule is CSCc1nc2ccccc2n1CC(=O)OCC(=O)NC1CCCC1. The van der Waals surface area contributed by atoms with Crippen LogP contribution in [0.1, 0.15) is 31.5 Å². The topological polar surface area (TPSA) is 73.2 Å². The second kappa shape index (κ2) is 8.38. The van der Waals surface area contributed by atoms with Gasteiger partial charge >= 0.3 is 5.97 Å². The third kappa shape index (κ3) is 4.54. The summed E-state index contributed by atoms with van der Waals surface area (Å²) in [6.45, 7) is -0.160. The Morgan fingerprint density at radius 3 is 2.84 bits per heavy atom. The number of hydrogen-bond acceptors (Lipinski definition) is 5. The van der Waals surface area contributed by atoms with Crippen molar-refractivity contribution in [1.82, 2.24) is 14.9 Å². The van der Waals surface area contributed by atoms with E-state index in [0.717, 1.165) is 42.5 Å². The number of ether oxygens (including phenoxy) is 1. The van der Waals surface area contributed by atoms with Gasteiger partial charge in [0, 0.05) is 6.04 Å². The average molecular weight is 361 g/mol. The average Bonchev–Trinajstić information content (AvgIpc) is 3.22. The fraction of sp³-hybridized carbons (Fsp3) is 0.500. The molecule has 1 aromatic heterocycles. The maximum absolute atomic E-state index is 12.2. The molecular weight excluding hydrogens is 338 g/mol. The van der Waals surface area contributed by atoms with Gasteiger partial charge in [0.05, 0.1) is 16.8 Å². The molecule has 7 heteroatoms. The van der Waals surface area contributed by atoms with Gasteiger partial charge in [0.25, 0.3) is 5.91 Å². The number of thioether (sulfide) groups is 1. The van der Waals surface area contributed by atoms with Crippen LogP contribution in [0.2, 0.25) is 0 Å². The number of carbonyl (C=O) groups is 2. The molecule has 0 aliphatic heterocycles. The van der Waals surface area contributed by atoms with Crippen LogP contribution in [0.25, 0.3) is 11.0 Å². The standard InChI is InChI=1S/C18H23N3O3S/c1-25-12-16-20-14-8-4-5-9-15(14)21(16)10-18(23)24-11-17(22)19-13-6-2-3-7-13/h4-5,8-9,13H,2-3,6-7,10-12H2,1H3,(H,19,22). The van der Waals surface area contributed by atoms with Gasteiger partial charge in [-0.2, -0.15) is 11.8 Å². The first-order valence-electron chi connectivity index (χ1n) is 8.55. The summed E-state index contributed by atoms with van der Waals surface area (Å²) in [5.74, 6) is 0.901. The Hall–Kier alpha value is -2.02. The van der Waals surface area contributed by atoms with E-state index in [9.17, 15) is 9.59 Å². The number of esters is 1. The van der Waals surface area contributed by atoms with Crippen molar-refractivity contribution in [1.29, 1.82) is 0 Å². The fourth-order valence-corrected chi connectivity index (χ4v) is 3.68. The molecule has 0 saturated heterocycles. The number of carbonyl (C=O) groups excluding carboxylic acids is 2. The predicted molar refractivity (Wildman–Crippen MR) is 98.3 cm³/mol. The molecule has 1 heterocycles. The lowest BCUT2D eigenvalue weighted by Gasteiger charge is -2.12. The summed E-state index contributed by atoms with van der Waals surface area (Å²) in [4.78, 5) is 28.6. The van der Waals surface area contributed by atoms with Crippen LogP contribution < -0.4 is 5.32 Å². The molecule has 1 amide bonds. The zero-order valence-corrected chi connectivity index (χ0v) is 15.2. The highest BCUT2D eigenvalue weighted by Gasteiger charge is 2.19. The lowest BCUT2D eigenvalue weighted by Crippen LogP contribution is -2.36. The van der Waals surface area contributed by atoms with Crippen molar-refractivity contribution in [2.24, 2.45) is 0 Å². The molecule has 134 valence electrons. The third-order valence-electron chi connectivity index (χ3n) is 4.38. The van der Waals surface area contributed by atoms with Crippen molar-refractivity contribution in [3.05, 3.63) is 30.1 Å². The van der Waals surface area contributed by atoms with Crippen molar-refractivity contribution in [3.63, 3.8) is 0 Å². The van der Waals surface area contributed by atoms with Gasteiger partial charge in [-0.1, -0.05) is 25.0 Å². The fourth-order valence-electron chi connectivity index (χ4n) is 3.20. The van der Waals surface area contributed by atoms with E-state index in [4.69, 9.17) is 4.74 Å². The summed E-state index contributed by atoms with van der Waals surface area (Å²) in [5, 5.41) is 2.92. The molecule has 0 bridgehead atoms. The van der Waals surface area contributed by atoms with Crippen LogP contribution in [0.5, 0.6) is 0 Å². The van der Waals surface area contributed by atoms with E-state index in [-0.39, 0.29) is 25.1 Å². The zero-order chi connectivity index (χ0) is 17.6. The lowest BCUT2D eigenvalue weighted by atomic mass is 10.2. The summed E-state index contributed by atoms with van der Waals surface area (Å²) in [7, 11) is 0. The molecule has 1 fully saturated rings. The van der Waals surface area contributed by atoms with Gasteiger partial charge in [-0.3, -0.25) is 9.59 Å². The minimum absolute atomic E-state index is 0.0626. The Morgan fingerprint density at radius 1 is 1.32 bits per heavy atom. The van der Waals surface area contributed by atoms with Crippen molar-refractivity contribution in [2.45, 2.75) is 44.0 Å². The highest BCUT2D eigenvalue weighted by atomic mass is 32.2. The number of imidazole rings is 1. The summed E-state index contributed by atoms with van der Waals surface area (Å²) < 4.78 is 7.03. The molecule has 0 atom stereocenters. The first-order valence-corrected chi connectivity index (χ1v) is 9.95. The number of fused-ring (bicyclic) bond motifs is 1. The number of hydrogen-bond donors (Lipinski definition) is 1. The molecule has 6 nitrogen and oxygen atoms in total. The van der Waals surface area contributed by atoms with E-state index in [1.54, 1.807) is 11.8 Å². The normalized spacial score (nSPS) is 14.8. The first-order chi connectivity index (χ1) is 12.2. The van der Waals surface area contributed by atoms with Crippen LogP contribution in [-0.2, 0) is 26.6 Å². The minimum atomic E-state index is -0.424. The van der Waals surface area contributed by atoms with E-state index in [1.165, 1.54) is 0 Å². The summed E-state index contributed by atoms with van der Waals surface area (Å²) in [5.41, 5.74) is 1.76. The number of aromatic nitrogens is 2. The maximum Gasteiger partial charge on any atom is 0.326 e. The monoisotopic (exact) mass is 361 g/mol. The molecule has 3 rings (SSSR count). The minimum Gasteiger partial charge on any atom is -0.454 e. The Morgan fingerprint density at radius 2 is 2.08 bits per heavy atom. The maximum atomic E-state index is 12.2. The largest absolute Gasteiger partial charge is 0.454 e. The Bertz CT molecular complexity index is 753. The van der Waals surface area contributed by atoms with Gasteiger partial charge in [-0.15, -0.1) is 0 Å². The van der Waals surface area contributed by atoms with Gasteiger partial charge in [0.1, 0.15) is 12.4 Å². The van der Waals surface area contributed by atoms with Gasteiger partial charge in [-0.25, -0.2) is 4.98 Å². The van der Waals surface area contributed by atoms with E-state index in [1.807, 2.05) is 35.1 Å². The van der Waals surface area contributed by atoms with Gasteiger partial charge < -0.3 is 14.6 Å². The number of rotatable bonds is 7. The van der Waals surface area contributed by atoms with E-state index in [0.29, 0.717) is 5.75 Å². The molecule has 1 aliphatic rings. The lowest BCUT2D eigenvalue weighted by molar-refractivity contribution is -0.149. The van der Waals surface area contributed by atoms with E-state index < -0.39 is 5.97 Å². The number of nitrogens with zero attached hydrogens (tertiary/aromatic N) is 2. The van der Waals surface area contributed by atoms with Crippen molar-refractivity contribution >= 4 is 34.7 Å². The molecule has 1 aromatic carbocycles. The second-order valence-electron chi connectivity index (χ2n) is 6.25. The van der Waals surface area contributed by atoms with Gasteiger partial charge in [-0.05, 0) is 31.2 Å². The van der Waals surface area contributed by atoms with E-state index in [2.05, 4.69) is 10.3 Å². The van der Waals surface area contributed by atoms with Gasteiger partial charge in [0.15, 0.2) is 6.61 Å². The highest BCUT2D eigenvalue weighted by molar-refractivity contribution is 7.97.